The molecule has 1 aliphatic rings. The summed E-state index contributed by atoms with van der Waals surface area (Å²) in [5, 5.41) is 7.42. The highest BCUT2D eigenvalue weighted by molar-refractivity contribution is 5.62. The monoisotopic (exact) mass is 138 g/mol. The molecule has 0 atom stereocenters. The molecule has 2 nitrogen and oxygen atoms in total. The van der Waals surface area contributed by atoms with Crippen molar-refractivity contribution in [2.75, 3.05) is 0 Å². The average Bonchev–Trinajstić information content (AvgIpc) is 2.15. The maximum atomic E-state index is 9.00. The van der Waals surface area contributed by atoms with Gasteiger partial charge in [0.05, 0.1) is 0 Å². The molecule has 0 bridgehead atoms. The standard InChI is InChI=1S/C6H6.C2H4O2/c1-6-4-2-3-5-6;1-2(3)4/h2-5H,1H2;1H3,(H,3,4). The Hall–Kier alpha value is -1.31. The number of allylic oxidation sites excluding steroid dienone is 5. The molecular weight excluding hydrogens is 128 g/mol. The number of hydrogen-bond acceptors (Lipinski definition) is 1. The second kappa shape index (κ2) is 4.56. The van der Waals surface area contributed by atoms with Crippen molar-refractivity contribution in [3.63, 3.8) is 0 Å². The maximum absolute atomic E-state index is 9.00. The van der Waals surface area contributed by atoms with Gasteiger partial charge >= 0.3 is 0 Å². The molecule has 1 aliphatic carbocycles. The fraction of sp³-hybridized carbons (Fsp3) is 0.125. The minimum absolute atomic E-state index is 0.833. The van der Waals surface area contributed by atoms with Gasteiger partial charge in [0.1, 0.15) is 0 Å². The van der Waals surface area contributed by atoms with Crippen LogP contribution in [0.15, 0.2) is 36.5 Å². The summed E-state index contributed by atoms with van der Waals surface area (Å²) < 4.78 is 0. The first-order chi connectivity index (χ1) is 4.63. The van der Waals surface area contributed by atoms with Crippen molar-refractivity contribution in [3.05, 3.63) is 36.5 Å². The Kier molecular flexibility index (Phi) is 3.96. The van der Waals surface area contributed by atoms with Crippen LogP contribution in [0.5, 0.6) is 0 Å². The summed E-state index contributed by atoms with van der Waals surface area (Å²) in [6, 6.07) is 0. The van der Waals surface area contributed by atoms with Crippen LogP contribution in [0.25, 0.3) is 0 Å². The van der Waals surface area contributed by atoms with Gasteiger partial charge in [-0.15, -0.1) is 0 Å². The molecule has 0 spiro atoms. The van der Waals surface area contributed by atoms with Crippen LogP contribution in [0, 0.1) is 0 Å². The van der Waals surface area contributed by atoms with Crippen LogP contribution in [0.1, 0.15) is 6.92 Å². The predicted octanol–water partition coefficient (Wildman–Crippen LogP) is 1.76. The SMILES string of the molecule is C=C1C=CC=C1.CC(=O)O. The number of aliphatic carboxylic acids is 1. The van der Waals surface area contributed by atoms with Crippen LogP contribution in [-0.2, 0) is 4.79 Å². The van der Waals surface area contributed by atoms with Crippen LogP contribution in [0.4, 0.5) is 0 Å². The van der Waals surface area contributed by atoms with Gasteiger partial charge in [0.15, 0.2) is 0 Å². The number of carboxylic acid groups (broad SMARTS) is 1. The van der Waals surface area contributed by atoms with E-state index in [1.54, 1.807) is 0 Å². The van der Waals surface area contributed by atoms with Gasteiger partial charge < -0.3 is 5.11 Å². The molecule has 0 fully saturated rings. The highest BCUT2D eigenvalue weighted by atomic mass is 16.4. The first kappa shape index (κ1) is 8.69. The van der Waals surface area contributed by atoms with Crippen molar-refractivity contribution < 1.29 is 9.90 Å². The third-order valence-corrected chi connectivity index (χ3v) is 0.732. The molecule has 0 radical (unpaired) electrons. The highest BCUT2D eigenvalue weighted by Crippen LogP contribution is 2.01. The molecule has 0 unspecified atom stereocenters. The molecule has 0 heterocycles. The van der Waals surface area contributed by atoms with Gasteiger partial charge in [0.2, 0.25) is 0 Å². The van der Waals surface area contributed by atoms with E-state index in [2.05, 4.69) is 6.58 Å². The van der Waals surface area contributed by atoms with Crippen molar-refractivity contribution >= 4 is 5.97 Å². The molecule has 54 valence electrons. The van der Waals surface area contributed by atoms with Crippen LogP contribution >= 0.6 is 0 Å². The lowest BCUT2D eigenvalue weighted by molar-refractivity contribution is -0.134. The molecular formula is C8H10O2. The molecule has 2 heteroatoms. The lowest BCUT2D eigenvalue weighted by Crippen LogP contribution is -1.78. The second-order valence-electron chi connectivity index (χ2n) is 1.81. The van der Waals surface area contributed by atoms with E-state index in [0.29, 0.717) is 0 Å². The van der Waals surface area contributed by atoms with Crippen molar-refractivity contribution in [1.82, 2.24) is 0 Å². The zero-order valence-electron chi connectivity index (χ0n) is 5.87. The summed E-state index contributed by atoms with van der Waals surface area (Å²) in [5.74, 6) is -0.833. The van der Waals surface area contributed by atoms with E-state index in [4.69, 9.17) is 9.90 Å². The Balaban J connectivity index is 0.000000180. The maximum Gasteiger partial charge on any atom is 0.300 e. The minimum atomic E-state index is -0.833. The Morgan fingerprint density at radius 1 is 1.50 bits per heavy atom. The third kappa shape index (κ3) is 6.69. The fourth-order valence-electron chi connectivity index (χ4n) is 0.414. The van der Waals surface area contributed by atoms with Crippen molar-refractivity contribution in [1.29, 1.82) is 0 Å². The van der Waals surface area contributed by atoms with E-state index in [-0.39, 0.29) is 0 Å². The van der Waals surface area contributed by atoms with Crippen LogP contribution in [-0.4, -0.2) is 11.1 Å². The first-order valence-corrected chi connectivity index (χ1v) is 2.86. The molecule has 0 saturated carbocycles. The normalized spacial score (nSPS) is 12.7. The van der Waals surface area contributed by atoms with E-state index >= 15 is 0 Å². The summed E-state index contributed by atoms with van der Waals surface area (Å²) in [4.78, 5) is 9.00. The quantitative estimate of drug-likeness (QED) is 0.553. The number of carboxylic acids is 1. The van der Waals surface area contributed by atoms with Gasteiger partial charge in [-0.25, -0.2) is 0 Å². The van der Waals surface area contributed by atoms with Gasteiger partial charge in [-0.3, -0.25) is 4.79 Å². The highest BCUT2D eigenvalue weighted by Gasteiger charge is 1.80. The molecule has 1 rings (SSSR count). The van der Waals surface area contributed by atoms with Gasteiger partial charge in [0.25, 0.3) is 5.97 Å². The van der Waals surface area contributed by atoms with Crippen LogP contribution in [0.3, 0.4) is 0 Å². The average molecular weight is 138 g/mol. The first-order valence-electron chi connectivity index (χ1n) is 2.86. The summed E-state index contributed by atoms with van der Waals surface area (Å²) in [6.45, 7) is 4.76. The van der Waals surface area contributed by atoms with E-state index in [0.717, 1.165) is 12.5 Å². The molecule has 0 aromatic rings. The zero-order chi connectivity index (χ0) is 7.98. The Bertz CT molecular complexity index is 169. The van der Waals surface area contributed by atoms with E-state index < -0.39 is 5.97 Å². The van der Waals surface area contributed by atoms with Crippen molar-refractivity contribution in [3.8, 4) is 0 Å². The van der Waals surface area contributed by atoms with E-state index in [1.165, 1.54) is 0 Å². The molecule has 10 heavy (non-hydrogen) atoms. The molecule has 0 aromatic heterocycles. The smallest absolute Gasteiger partial charge is 0.300 e. The summed E-state index contributed by atoms with van der Waals surface area (Å²) in [5.41, 5.74) is 1.09. The zero-order valence-corrected chi connectivity index (χ0v) is 5.87. The van der Waals surface area contributed by atoms with Gasteiger partial charge in [0, 0.05) is 6.92 Å². The third-order valence-electron chi connectivity index (χ3n) is 0.732. The van der Waals surface area contributed by atoms with E-state index in [1.807, 2.05) is 24.3 Å². The lowest BCUT2D eigenvalue weighted by Gasteiger charge is -1.71. The van der Waals surface area contributed by atoms with Gasteiger partial charge in [-0.1, -0.05) is 30.9 Å². The lowest BCUT2D eigenvalue weighted by atomic mass is 10.4. The Morgan fingerprint density at radius 3 is 1.90 bits per heavy atom. The molecule has 0 amide bonds. The molecule has 1 N–H and O–H groups in total. The largest absolute Gasteiger partial charge is 0.481 e. The topological polar surface area (TPSA) is 37.3 Å². The van der Waals surface area contributed by atoms with Gasteiger partial charge in [-0.2, -0.15) is 0 Å². The Morgan fingerprint density at radius 2 is 1.80 bits per heavy atom. The number of carbonyl (C=O) groups is 1. The summed E-state index contributed by atoms with van der Waals surface area (Å²) >= 11 is 0. The number of rotatable bonds is 0. The molecule has 0 aliphatic heterocycles. The summed E-state index contributed by atoms with van der Waals surface area (Å²) in [7, 11) is 0. The predicted molar refractivity (Wildman–Crippen MR) is 40.7 cm³/mol. The minimum Gasteiger partial charge on any atom is -0.481 e. The van der Waals surface area contributed by atoms with Crippen LogP contribution < -0.4 is 0 Å². The van der Waals surface area contributed by atoms with E-state index in [9.17, 15) is 0 Å². The van der Waals surface area contributed by atoms with Crippen LogP contribution in [0.2, 0.25) is 0 Å². The van der Waals surface area contributed by atoms with Gasteiger partial charge in [-0.05, 0) is 5.57 Å². The Labute approximate surface area is 60.2 Å². The van der Waals surface area contributed by atoms with Crippen molar-refractivity contribution in [2.24, 2.45) is 0 Å². The molecule has 0 aromatic carbocycles. The summed E-state index contributed by atoms with van der Waals surface area (Å²) in [6.07, 6.45) is 7.89. The number of hydrogen-bond donors (Lipinski definition) is 1. The van der Waals surface area contributed by atoms with Crippen molar-refractivity contribution in [2.45, 2.75) is 6.92 Å². The second-order valence-corrected chi connectivity index (χ2v) is 1.81. The fourth-order valence-corrected chi connectivity index (χ4v) is 0.414. The molecule has 0 saturated heterocycles.